The van der Waals surface area contributed by atoms with Gasteiger partial charge in [-0.25, -0.2) is 4.79 Å². The highest BCUT2D eigenvalue weighted by molar-refractivity contribution is 5.86. The average Bonchev–Trinajstić information content (AvgIpc) is 2.97. The van der Waals surface area contributed by atoms with Crippen molar-refractivity contribution in [2.24, 2.45) is 11.8 Å². The van der Waals surface area contributed by atoms with Crippen LogP contribution < -0.4 is 5.32 Å². The van der Waals surface area contributed by atoms with Crippen molar-refractivity contribution in [2.75, 3.05) is 7.11 Å². The maximum absolute atomic E-state index is 11.5. The second kappa shape index (κ2) is 5.14. The van der Waals surface area contributed by atoms with Crippen LogP contribution >= 0.6 is 0 Å². The molecule has 1 atom stereocenters. The summed E-state index contributed by atoms with van der Waals surface area (Å²) in [6.45, 7) is 4.03. The lowest BCUT2D eigenvalue weighted by Gasteiger charge is -2.18. The van der Waals surface area contributed by atoms with E-state index in [1.54, 1.807) is 0 Å². The molecule has 1 N–H and O–H groups in total. The fraction of sp³-hybridized carbons (Fsp3) is 0.818. The molecule has 15 heavy (non-hydrogen) atoms. The molecule has 0 spiro atoms. The quantitative estimate of drug-likeness (QED) is 0.696. The van der Waals surface area contributed by atoms with Crippen molar-refractivity contribution in [1.29, 1.82) is 0 Å². The molecule has 0 aliphatic heterocycles. The van der Waals surface area contributed by atoms with Crippen LogP contribution in [0.2, 0.25) is 0 Å². The molecule has 1 saturated carbocycles. The van der Waals surface area contributed by atoms with Gasteiger partial charge in [0.05, 0.1) is 7.11 Å². The first-order valence-electron chi connectivity index (χ1n) is 5.42. The molecule has 1 fully saturated rings. The molecule has 0 aromatic heterocycles. The maximum Gasteiger partial charge on any atom is 0.328 e. The summed E-state index contributed by atoms with van der Waals surface area (Å²) < 4.78 is 4.66. The van der Waals surface area contributed by atoms with E-state index in [0.29, 0.717) is 12.3 Å². The lowest BCUT2D eigenvalue weighted by Crippen LogP contribution is -2.43. The second-order valence-electron chi connectivity index (χ2n) is 4.49. The van der Waals surface area contributed by atoms with E-state index < -0.39 is 6.04 Å². The molecule has 0 unspecified atom stereocenters. The van der Waals surface area contributed by atoms with Gasteiger partial charge in [0.2, 0.25) is 5.91 Å². The van der Waals surface area contributed by atoms with Crippen molar-refractivity contribution in [3.05, 3.63) is 0 Å². The van der Waals surface area contributed by atoms with Crippen molar-refractivity contribution in [3.63, 3.8) is 0 Å². The van der Waals surface area contributed by atoms with Crippen LogP contribution in [0.5, 0.6) is 0 Å². The van der Waals surface area contributed by atoms with Crippen LogP contribution in [0.4, 0.5) is 0 Å². The van der Waals surface area contributed by atoms with Crippen LogP contribution in [-0.2, 0) is 14.3 Å². The normalized spacial score (nSPS) is 17.3. The Bertz CT molecular complexity index is 246. The van der Waals surface area contributed by atoms with Gasteiger partial charge in [0.15, 0.2) is 0 Å². The van der Waals surface area contributed by atoms with E-state index in [1.165, 1.54) is 7.11 Å². The SMILES string of the molecule is COC(=O)[C@@H](CC(C)C)NC(=O)C1CC1. The number of hydrogen-bond donors (Lipinski definition) is 1. The molecule has 0 heterocycles. The molecule has 0 saturated heterocycles. The van der Waals surface area contributed by atoms with Crippen LogP contribution in [-0.4, -0.2) is 25.0 Å². The standard InChI is InChI=1S/C11H19NO3/c1-7(2)6-9(11(14)15-3)12-10(13)8-4-5-8/h7-9H,4-6H2,1-3H3,(H,12,13)/t9-/m1/s1. The van der Waals surface area contributed by atoms with Gasteiger partial charge in [0.25, 0.3) is 0 Å². The highest BCUT2D eigenvalue weighted by Crippen LogP contribution is 2.29. The smallest absolute Gasteiger partial charge is 0.328 e. The number of carbonyl (C=O) groups excluding carboxylic acids is 2. The minimum Gasteiger partial charge on any atom is -0.467 e. The first kappa shape index (κ1) is 12.0. The molecular weight excluding hydrogens is 194 g/mol. The van der Waals surface area contributed by atoms with Gasteiger partial charge in [-0.3, -0.25) is 4.79 Å². The van der Waals surface area contributed by atoms with Crippen LogP contribution in [0.25, 0.3) is 0 Å². The van der Waals surface area contributed by atoms with Crippen molar-refractivity contribution in [1.82, 2.24) is 5.32 Å². The van der Waals surface area contributed by atoms with Gasteiger partial charge < -0.3 is 10.1 Å². The van der Waals surface area contributed by atoms with Crippen LogP contribution in [0.3, 0.4) is 0 Å². The lowest BCUT2D eigenvalue weighted by molar-refractivity contribution is -0.145. The number of rotatable bonds is 5. The summed E-state index contributed by atoms with van der Waals surface area (Å²) in [5.41, 5.74) is 0. The third kappa shape index (κ3) is 3.90. The maximum atomic E-state index is 11.5. The van der Waals surface area contributed by atoms with Crippen molar-refractivity contribution >= 4 is 11.9 Å². The third-order valence-electron chi connectivity index (χ3n) is 2.46. The fourth-order valence-electron chi connectivity index (χ4n) is 1.46. The van der Waals surface area contributed by atoms with E-state index in [2.05, 4.69) is 10.1 Å². The summed E-state index contributed by atoms with van der Waals surface area (Å²) in [4.78, 5) is 22.9. The molecule has 0 aromatic carbocycles. The predicted octanol–water partition coefficient (Wildman–Crippen LogP) is 1.10. The van der Waals surface area contributed by atoms with Gasteiger partial charge in [-0.1, -0.05) is 13.8 Å². The van der Waals surface area contributed by atoms with Gasteiger partial charge in [-0.2, -0.15) is 0 Å². The van der Waals surface area contributed by atoms with E-state index in [0.717, 1.165) is 12.8 Å². The van der Waals surface area contributed by atoms with E-state index in [-0.39, 0.29) is 17.8 Å². The van der Waals surface area contributed by atoms with Gasteiger partial charge in [0, 0.05) is 5.92 Å². The Morgan fingerprint density at radius 2 is 2.00 bits per heavy atom. The molecule has 0 bridgehead atoms. The number of methoxy groups -OCH3 is 1. The molecule has 1 aliphatic carbocycles. The number of esters is 1. The second-order valence-corrected chi connectivity index (χ2v) is 4.49. The zero-order valence-corrected chi connectivity index (χ0v) is 9.58. The van der Waals surface area contributed by atoms with Gasteiger partial charge in [0.1, 0.15) is 6.04 Å². The average molecular weight is 213 g/mol. The molecule has 86 valence electrons. The number of hydrogen-bond acceptors (Lipinski definition) is 3. The Morgan fingerprint density at radius 1 is 1.40 bits per heavy atom. The monoisotopic (exact) mass is 213 g/mol. The molecule has 1 amide bonds. The molecule has 0 radical (unpaired) electrons. The van der Waals surface area contributed by atoms with Crippen LogP contribution in [0, 0.1) is 11.8 Å². The van der Waals surface area contributed by atoms with Gasteiger partial charge >= 0.3 is 5.97 Å². The Hall–Kier alpha value is -1.06. The number of ether oxygens (including phenoxy) is 1. The first-order chi connectivity index (χ1) is 7.04. The molecule has 0 aromatic rings. The van der Waals surface area contributed by atoms with Crippen LogP contribution in [0.1, 0.15) is 33.1 Å². The summed E-state index contributed by atoms with van der Waals surface area (Å²) in [5, 5.41) is 2.75. The number of amides is 1. The Kier molecular flexibility index (Phi) is 4.12. The van der Waals surface area contributed by atoms with Crippen molar-refractivity contribution < 1.29 is 14.3 Å². The molecule has 4 nitrogen and oxygen atoms in total. The zero-order valence-electron chi connectivity index (χ0n) is 9.58. The molecule has 4 heteroatoms. The Balaban J connectivity index is 2.46. The number of nitrogens with one attached hydrogen (secondary N) is 1. The lowest BCUT2D eigenvalue weighted by atomic mass is 10.0. The summed E-state index contributed by atoms with van der Waals surface area (Å²) in [6, 6.07) is -0.483. The van der Waals surface area contributed by atoms with Crippen molar-refractivity contribution in [2.45, 2.75) is 39.2 Å². The summed E-state index contributed by atoms with van der Waals surface area (Å²) >= 11 is 0. The minimum absolute atomic E-state index is 0.00829. The van der Waals surface area contributed by atoms with E-state index in [1.807, 2.05) is 13.8 Å². The fourth-order valence-corrected chi connectivity index (χ4v) is 1.46. The minimum atomic E-state index is -0.483. The number of carbonyl (C=O) groups is 2. The summed E-state index contributed by atoms with van der Waals surface area (Å²) in [7, 11) is 1.35. The third-order valence-corrected chi connectivity index (χ3v) is 2.46. The van der Waals surface area contributed by atoms with E-state index in [4.69, 9.17) is 0 Å². The zero-order chi connectivity index (χ0) is 11.4. The first-order valence-corrected chi connectivity index (χ1v) is 5.42. The molecule has 1 aliphatic rings. The van der Waals surface area contributed by atoms with Crippen LogP contribution in [0.15, 0.2) is 0 Å². The molecular formula is C11H19NO3. The van der Waals surface area contributed by atoms with Gasteiger partial charge in [-0.05, 0) is 25.2 Å². The van der Waals surface area contributed by atoms with Gasteiger partial charge in [-0.15, -0.1) is 0 Å². The van der Waals surface area contributed by atoms with E-state index in [9.17, 15) is 9.59 Å². The topological polar surface area (TPSA) is 55.4 Å². The Labute approximate surface area is 90.4 Å². The van der Waals surface area contributed by atoms with E-state index >= 15 is 0 Å². The largest absolute Gasteiger partial charge is 0.467 e. The summed E-state index contributed by atoms with van der Waals surface area (Å²) in [6.07, 6.45) is 2.52. The summed E-state index contributed by atoms with van der Waals surface area (Å²) in [5.74, 6) is 0.127. The van der Waals surface area contributed by atoms with Crippen molar-refractivity contribution in [3.8, 4) is 0 Å². The highest BCUT2D eigenvalue weighted by atomic mass is 16.5. The highest BCUT2D eigenvalue weighted by Gasteiger charge is 2.32. The Morgan fingerprint density at radius 3 is 2.40 bits per heavy atom. The predicted molar refractivity (Wildman–Crippen MR) is 56.1 cm³/mol. The molecule has 1 rings (SSSR count).